The van der Waals surface area contributed by atoms with Gasteiger partial charge in [-0.25, -0.2) is 4.79 Å². The predicted molar refractivity (Wildman–Crippen MR) is 103 cm³/mol. The molecule has 1 N–H and O–H groups in total. The number of ether oxygens (including phenoxy) is 2. The minimum atomic E-state index is -0.442. The third-order valence-corrected chi connectivity index (χ3v) is 4.66. The molecule has 1 saturated heterocycles. The van der Waals surface area contributed by atoms with Gasteiger partial charge in [0.05, 0.1) is 6.61 Å². The molecule has 1 heterocycles. The molecule has 1 aliphatic rings. The molecule has 3 unspecified atom stereocenters. The van der Waals surface area contributed by atoms with E-state index in [9.17, 15) is 4.79 Å². The second-order valence-electron chi connectivity index (χ2n) is 8.42. The van der Waals surface area contributed by atoms with E-state index in [1.54, 1.807) is 7.11 Å². The maximum Gasteiger partial charge on any atom is 0.410 e. The molecule has 0 radical (unpaired) electrons. The summed E-state index contributed by atoms with van der Waals surface area (Å²) in [5, 5.41) is 3.69. The molecule has 0 aliphatic carbocycles. The van der Waals surface area contributed by atoms with E-state index in [1.807, 2.05) is 25.7 Å². The van der Waals surface area contributed by atoms with Crippen molar-refractivity contribution >= 4 is 6.09 Å². The highest BCUT2D eigenvalue weighted by Gasteiger charge is 2.30. The van der Waals surface area contributed by atoms with Gasteiger partial charge in [-0.1, -0.05) is 26.2 Å². The summed E-state index contributed by atoms with van der Waals surface area (Å²) in [6, 6.07) is 0.982. The quantitative estimate of drug-likeness (QED) is 0.702. The van der Waals surface area contributed by atoms with Gasteiger partial charge in [0, 0.05) is 31.8 Å². The Kier molecular flexibility index (Phi) is 9.80. The largest absolute Gasteiger partial charge is 0.444 e. The Morgan fingerprint density at radius 1 is 1.28 bits per heavy atom. The smallest absolute Gasteiger partial charge is 0.410 e. The van der Waals surface area contributed by atoms with Crippen LogP contribution in [0.1, 0.15) is 79.6 Å². The van der Waals surface area contributed by atoms with E-state index in [0.29, 0.717) is 12.1 Å². The lowest BCUT2D eigenvalue weighted by Crippen LogP contribution is -2.47. The second kappa shape index (κ2) is 11.0. The van der Waals surface area contributed by atoms with E-state index in [0.717, 1.165) is 45.3 Å². The number of carbonyl (C=O) groups is 1. The average Bonchev–Trinajstić information content (AvgIpc) is 2.71. The van der Waals surface area contributed by atoms with Gasteiger partial charge in [0.1, 0.15) is 5.60 Å². The van der Waals surface area contributed by atoms with Crippen LogP contribution >= 0.6 is 0 Å². The lowest BCUT2D eigenvalue weighted by molar-refractivity contribution is 0.0147. The van der Waals surface area contributed by atoms with Crippen molar-refractivity contribution in [1.29, 1.82) is 0 Å². The number of hydrogen-bond acceptors (Lipinski definition) is 4. The van der Waals surface area contributed by atoms with Crippen molar-refractivity contribution in [1.82, 2.24) is 10.2 Å². The fourth-order valence-corrected chi connectivity index (χ4v) is 3.63. The predicted octanol–water partition coefficient (Wildman–Crippen LogP) is 4.35. The molecule has 0 spiro atoms. The molecule has 25 heavy (non-hydrogen) atoms. The maximum atomic E-state index is 12.6. The zero-order chi connectivity index (χ0) is 18.9. The molecule has 0 aromatic carbocycles. The fourth-order valence-electron chi connectivity index (χ4n) is 3.63. The highest BCUT2D eigenvalue weighted by molar-refractivity contribution is 5.68. The first-order valence-electron chi connectivity index (χ1n) is 10.0. The summed E-state index contributed by atoms with van der Waals surface area (Å²) in [7, 11) is 1.75. The summed E-state index contributed by atoms with van der Waals surface area (Å²) in [4.78, 5) is 14.6. The Bertz CT molecular complexity index is 376. The number of rotatable bonds is 8. The molecule has 0 bridgehead atoms. The summed E-state index contributed by atoms with van der Waals surface area (Å²) in [5.74, 6) is 0. The van der Waals surface area contributed by atoms with Crippen LogP contribution in [0.2, 0.25) is 0 Å². The molecule has 0 aromatic rings. The fraction of sp³-hybridized carbons (Fsp3) is 0.950. The number of nitrogens with one attached hydrogen (secondary N) is 1. The molecule has 5 nitrogen and oxygen atoms in total. The maximum absolute atomic E-state index is 12.6. The second-order valence-corrected chi connectivity index (χ2v) is 8.42. The Morgan fingerprint density at radius 2 is 2.00 bits per heavy atom. The van der Waals surface area contributed by atoms with Gasteiger partial charge in [-0.3, -0.25) is 0 Å². The molecule has 3 atom stereocenters. The van der Waals surface area contributed by atoms with Gasteiger partial charge in [-0.15, -0.1) is 0 Å². The van der Waals surface area contributed by atoms with E-state index in [-0.39, 0.29) is 12.1 Å². The monoisotopic (exact) mass is 356 g/mol. The van der Waals surface area contributed by atoms with Crippen LogP contribution in [0.15, 0.2) is 0 Å². The Morgan fingerprint density at radius 3 is 2.60 bits per heavy atom. The number of amides is 1. The van der Waals surface area contributed by atoms with E-state index in [2.05, 4.69) is 19.2 Å². The van der Waals surface area contributed by atoms with Gasteiger partial charge in [0.2, 0.25) is 0 Å². The van der Waals surface area contributed by atoms with Crippen LogP contribution in [0.3, 0.4) is 0 Å². The zero-order valence-electron chi connectivity index (χ0n) is 17.3. The first-order chi connectivity index (χ1) is 11.8. The third kappa shape index (κ3) is 8.91. The topological polar surface area (TPSA) is 50.8 Å². The number of nitrogens with zero attached hydrogens (tertiary/aromatic N) is 1. The third-order valence-electron chi connectivity index (χ3n) is 4.66. The molecular formula is C20H40N2O3. The Labute approximate surface area is 154 Å². The van der Waals surface area contributed by atoms with Crippen LogP contribution < -0.4 is 5.32 Å². The Balaban J connectivity index is 2.67. The number of methoxy groups -OCH3 is 1. The molecule has 1 rings (SSSR count). The van der Waals surface area contributed by atoms with Crippen LogP contribution in [0.25, 0.3) is 0 Å². The highest BCUT2D eigenvalue weighted by atomic mass is 16.6. The van der Waals surface area contributed by atoms with Crippen molar-refractivity contribution in [3.05, 3.63) is 0 Å². The Hall–Kier alpha value is -0.810. The minimum Gasteiger partial charge on any atom is -0.444 e. The van der Waals surface area contributed by atoms with E-state index < -0.39 is 5.60 Å². The lowest BCUT2D eigenvalue weighted by Gasteiger charge is -2.34. The minimum absolute atomic E-state index is 0.159. The summed E-state index contributed by atoms with van der Waals surface area (Å²) >= 11 is 0. The molecule has 1 amide bonds. The van der Waals surface area contributed by atoms with Gasteiger partial charge in [-0.2, -0.15) is 0 Å². The van der Waals surface area contributed by atoms with Crippen LogP contribution in [-0.4, -0.2) is 55.0 Å². The van der Waals surface area contributed by atoms with Crippen LogP contribution in [0, 0.1) is 0 Å². The van der Waals surface area contributed by atoms with Gasteiger partial charge >= 0.3 is 6.09 Å². The first-order valence-corrected chi connectivity index (χ1v) is 10.0. The summed E-state index contributed by atoms with van der Waals surface area (Å²) in [5.41, 5.74) is -0.442. The van der Waals surface area contributed by atoms with E-state index in [4.69, 9.17) is 9.47 Å². The van der Waals surface area contributed by atoms with Crippen molar-refractivity contribution < 1.29 is 14.3 Å². The number of carbonyl (C=O) groups excluding carboxylic acids is 1. The van der Waals surface area contributed by atoms with Gasteiger partial charge in [-0.05, 0) is 53.4 Å². The summed E-state index contributed by atoms with van der Waals surface area (Å²) < 4.78 is 11.0. The SMILES string of the molecule is CCCC(COC)NC(C)CC1CCCCCN1C(=O)OC(C)(C)C. The zero-order valence-corrected chi connectivity index (χ0v) is 17.3. The summed E-state index contributed by atoms with van der Waals surface area (Å²) in [6.07, 6.45) is 7.57. The molecule has 148 valence electrons. The van der Waals surface area contributed by atoms with Crippen LogP contribution in [0.4, 0.5) is 4.79 Å². The molecular weight excluding hydrogens is 316 g/mol. The molecule has 0 saturated carbocycles. The standard InChI is InChI=1S/C20H40N2O3/c1-7-11-17(15-24-6)21-16(2)14-18-12-9-8-10-13-22(18)19(23)25-20(3,4)5/h16-18,21H,7-15H2,1-6H3. The molecule has 5 heteroatoms. The molecule has 1 aliphatic heterocycles. The van der Waals surface area contributed by atoms with Crippen LogP contribution in [-0.2, 0) is 9.47 Å². The normalized spacial score (nSPS) is 21.5. The van der Waals surface area contributed by atoms with Gasteiger partial charge < -0.3 is 19.7 Å². The van der Waals surface area contributed by atoms with Crippen molar-refractivity contribution in [2.24, 2.45) is 0 Å². The number of likely N-dealkylation sites (tertiary alicyclic amines) is 1. The molecule has 1 fully saturated rings. The van der Waals surface area contributed by atoms with Crippen molar-refractivity contribution in [3.63, 3.8) is 0 Å². The van der Waals surface area contributed by atoms with Crippen molar-refractivity contribution in [2.75, 3.05) is 20.3 Å². The van der Waals surface area contributed by atoms with E-state index in [1.165, 1.54) is 12.8 Å². The van der Waals surface area contributed by atoms with Gasteiger partial charge in [0.25, 0.3) is 0 Å². The summed E-state index contributed by atoms with van der Waals surface area (Å²) in [6.45, 7) is 11.8. The first kappa shape index (κ1) is 22.2. The van der Waals surface area contributed by atoms with Crippen LogP contribution in [0.5, 0.6) is 0 Å². The van der Waals surface area contributed by atoms with Gasteiger partial charge in [0.15, 0.2) is 0 Å². The lowest BCUT2D eigenvalue weighted by atomic mass is 10.0. The van der Waals surface area contributed by atoms with E-state index >= 15 is 0 Å². The van der Waals surface area contributed by atoms with Crippen molar-refractivity contribution in [3.8, 4) is 0 Å². The van der Waals surface area contributed by atoms with Crippen molar-refractivity contribution in [2.45, 2.75) is 103 Å². The molecule has 0 aromatic heterocycles. The number of hydrogen-bond donors (Lipinski definition) is 1. The highest BCUT2D eigenvalue weighted by Crippen LogP contribution is 2.23. The average molecular weight is 357 g/mol.